The van der Waals surface area contributed by atoms with Gasteiger partial charge in [-0.15, -0.1) is 5.10 Å². The van der Waals surface area contributed by atoms with E-state index in [1.807, 2.05) is 42.5 Å². The first kappa shape index (κ1) is 17.2. The number of halogens is 1. The summed E-state index contributed by atoms with van der Waals surface area (Å²) >= 11 is 3.46. The lowest BCUT2D eigenvalue weighted by Gasteiger charge is -2.07. The lowest BCUT2D eigenvalue weighted by atomic mass is 10.2. The first-order chi connectivity index (χ1) is 13.2. The molecule has 134 valence electrons. The van der Waals surface area contributed by atoms with E-state index in [2.05, 4.69) is 31.3 Å². The Balaban J connectivity index is 1.67. The minimum absolute atomic E-state index is 0.266. The van der Waals surface area contributed by atoms with Gasteiger partial charge >= 0.3 is 0 Å². The topological polar surface area (TPSA) is 73.0 Å². The molecule has 2 heterocycles. The molecule has 0 aliphatic heterocycles. The highest BCUT2D eigenvalue weighted by Crippen LogP contribution is 2.20. The minimum atomic E-state index is -0.266. The zero-order valence-electron chi connectivity index (χ0n) is 14.2. The van der Waals surface area contributed by atoms with Crippen LogP contribution in [0.4, 0.5) is 5.95 Å². The summed E-state index contributed by atoms with van der Waals surface area (Å²) in [6, 6.07) is 20.4. The Hall–Kier alpha value is -3.19. The summed E-state index contributed by atoms with van der Waals surface area (Å²) in [7, 11) is 0. The Labute approximate surface area is 164 Å². The third-order valence-electron chi connectivity index (χ3n) is 3.90. The van der Waals surface area contributed by atoms with Gasteiger partial charge in [0.05, 0.1) is 6.26 Å². The van der Waals surface area contributed by atoms with Gasteiger partial charge in [-0.2, -0.15) is 9.67 Å². The molecule has 1 N–H and O–H groups in total. The van der Waals surface area contributed by atoms with Gasteiger partial charge in [0, 0.05) is 16.6 Å². The Bertz CT molecular complexity index is 1060. The van der Waals surface area contributed by atoms with Crippen molar-refractivity contribution in [1.82, 2.24) is 14.8 Å². The van der Waals surface area contributed by atoms with E-state index >= 15 is 0 Å². The van der Waals surface area contributed by atoms with E-state index in [1.165, 1.54) is 4.68 Å². The number of aromatic nitrogens is 3. The number of carbonyl (C=O) groups excluding carboxylic acids is 1. The Morgan fingerprint density at radius 2 is 1.93 bits per heavy atom. The van der Waals surface area contributed by atoms with Crippen molar-refractivity contribution in [2.75, 3.05) is 5.32 Å². The van der Waals surface area contributed by atoms with Gasteiger partial charge in [0.2, 0.25) is 11.8 Å². The molecule has 4 aromatic rings. The van der Waals surface area contributed by atoms with Gasteiger partial charge in [0.1, 0.15) is 0 Å². The van der Waals surface area contributed by atoms with E-state index in [0.717, 1.165) is 10.0 Å². The molecule has 0 amide bonds. The Morgan fingerprint density at radius 1 is 1.07 bits per heavy atom. The van der Waals surface area contributed by atoms with Crippen LogP contribution in [0.5, 0.6) is 0 Å². The number of benzene rings is 2. The maximum absolute atomic E-state index is 12.9. The first-order valence-corrected chi connectivity index (χ1v) is 9.09. The molecule has 0 aliphatic carbocycles. The van der Waals surface area contributed by atoms with Crippen LogP contribution >= 0.6 is 15.9 Å². The summed E-state index contributed by atoms with van der Waals surface area (Å²) in [5.41, 5.74) is 1.57. The zero-order chi connectivity index (χ0) is 18.6. The Morgan fingerprint density at radius 3 is 2.67 bits per heavy atom. The highest BCUT2D eigenvalue weighted by atomic mass is 79.9. The van der Waals surface area contributed by atoms with Crippen molar-refractivity contribution in [3.05, 3.63) is 88.6 Å². The van der Waals surface area contributed by atoms with Gasteiger partial charge in [-0.1, -0.05) is 46.3 Å². The minimum Gasteiger partial charge on any atom is -0.461 e. The monoisotopic (exact) mass is 422 g/mol. The fourth-order valence-corrected chi connectivity index (χ4v) is 3.06. The predicted octanol–water partition coefficient (Wildman–Crippen LogP) is 4.60. The number of furan rings is 1. The van der Waals surface area contributed by atoms with Crippen LogP contribution in [0.15, 0.2) is 81.9 Å². The fourth-order valence-electron chi connectivity index (χ4n) is 2.61. The summed E-state index contributed by atoms with van der Waals surface area (Å²) in [4.78, 5) is 17.3. The van der Waals surface area contributed by atoms with E-state index in [1.54, 1.807) is 30.5 Å². The second-order valence-electron chi connectivity index (χ2n) is 5.80. The van der Waals surface area contributed by atoms with E-state index in [0.29, 0.717) is 29.6 Å². The highest BCUT2D eigenvalue weighted by molar-refractivity contribution is 9.10. The molecule has 0 bridgehead atoms. The first-order valence-electron chi connectivity index (χ1n) is 8.30. The molecule has 6 nitrogen and oxygen atoms in total. The maximum atomic E-state index is 12.9. The molecule has 0 radical (unpaired) electrons. The van der Waals surface area contributed by atoms with Crippen LogP contribution in [0, 0.1) is 0 Å². The molecule has 0 unspecified atom stereocenters. The highest BCUT2D eigenvalue weighted by Gasteiger charge is 2.19. The molecular weight excluding hydrogens is 408 g/mol. The molecule has 0 spiro atoms. The number of hydrogen-bond donors (Lipinski definition) is 1. The van der Waals surface area contributed by atoms with Crippen LogP contribution in [0.25, 0.3) is 11.6 Å². The third kappa shape index (κ3) is 3.83. The van der Waals surface area contributed by atoms with E-state index < -0.39 is 0 Å². The van der Waals surface area contributed by atoms with Crippen molar-refractivity contribution in [2.45, 2.75) is 6.54 Å². The van der Waals surface area contributed by atoms with Crippen molar-refractivity contribution in [3.8, 4) is 11.6 Å². The van der Waals surface area contributed by atoms with Crippen LogP contribution in [0.1, 0.15) is 15.9 Å². The molecule has 0 aliphatic rings. The SMILES string of the molecule is O=C(c1ccccc1)n1nc(-c2ccco2)nc1NCc1cccc(Br)c1. The summed E-state index contributed by atoms with van der Waals surface area (Å²) in [6.07, 6.45) is 1.55. The second kappa shape index (κ2) is 7.59. The van der Waals surface area contributed by atoms with Crippen molar-refractivity contribution in [2.24, 2.45) is 0 Å². The van der Waals surface area contributed by atoms with Gasteiger partial charge in [0.15, 0.2) is 5.76 Å². The quantitative estimate of drug-likeness (QED) is 0.508. The van der Waals surface area contributed by atoms with E-state index in [4.69, 9.17) is 4.42 Å². The third-order valence-corrected chi connectivity index (χ3v) is 4.39. The number of nitrogens with one attached hydrogen (secondary N) is 1. The molecule has 7 heteroatoms. The summed E-state index contributed by atoms with van der Waals surface area (Å²) in [5, 5.41) is 7.55. The van der Waals surface area contributed by atoms with Crippen molar-refractivity contribution in [3.63, 3.8) is 0 Å². The van der Waals surface area contributed by atoms with Gasteiger partial charge in [-0.3, -0.25) is 4.79 Å². The largest absolute Gasteiger partial charge is 0.461 e. The average Bonchev–Trinajstić information content (AvgIpc) is 3.36. The lowest BCUT2D eigenvalue weighted by Crippen LogP contribution is -2.17. The number of anilines is 1. The molecule has 0 saturated heterocycles. The zero-order valence-corrected chi connectivity index (χ0v) is 15.8. The second-order valence-corrected chi connectivity index (χ2v) is 6.72. The van der Waals surface area contributed by atoms with Crippen LogP contribution in [-0.2, 0) is 6.54 Å². The molecule has 4 rings (SSSR count). The Kier molecular flexibility index (Phi) is 4.84. The molecule has 2 aromatic heterocycles. The molecule has 0 saturated carbocycles. The maximum Gasteiger partial charge on any atom is 0.281 e. The number of nitrogens with zero attached hydrogens (tertiary/aromatic N) is 3. The van der Waals surface area contributed by atoms with Gasteiger partial charge in [-0.25, -0.2) is 0 Å². The van der Waals surface area contributed by atoms with Crippen LogP contribution < -0.4 is 5.32 Å². The van der Waals surface area contributed by atoms with Gasteiger partial charge in [-0.05, 0) is 42.0 Å². The van der Waals surface area contributed by atoms with E-state index in [-0.39, 0.29) is 5.91 Å². The van der Waals surface area contributed by atoms with Crippen LogP contribution in [0.3, 0.4) is 0 Å². The van der Waals surface area contributed by atoms with Crippen LogP contribution in [0.2, 0.25) is 0 Å². The fraction of sp³-hybridized carbons (Fsp3) is 0.0500. The number of rotatable bonds is 5. The number of hydrogen-bond acceptors (Lipinski definition) is 5. The summed E-state index contributed by atoms with van der Waals surface area (Å²) < 4.78 is 7.62. The van der Waals surface area contributed by atoms with Gasteiger partial charge < -0.3 is 9.73 Å². The smallest absolute Gasteiger partial charge is 0.281 e. The molecule has 0 fully saturated rings. The summed E-state index contributed by atoms with van der Waals surface area (Å²) in [5.74, 6) is 0.939. The molecule has 2 aromatic carbocycles. The van der Waals surface area contributed by atoms with Crippen molar-refractivity contribution in [1.29, 1.82) is 0 Å². The summed E-state index contributed by atoms with van der Waals surface area (Å²) in [6.45, 7) is 0.498. The van der Waals surface area contributed by atoms with Gasteiger partial charge in [0.25, 0.3) is 5.91 Å². The molecular formula is C20H15BrN4O2. The van der Waals surface area contributed by atoms with Crippen LogP contribution in [-0.4, -0.2) is 20.7 Å². The standard InChI is InChI=1S/C20H15BrN4O2/c21-16-9-4-6-14(12-16)13-22-20-23-18(17-10-5-11-27-17)24-25(20)19(26)15-7-2-1-3-8-15/h1-12H,13H2,(H,22,23,24). The molecule has 27 heavy (non-hydrogen) atoms. The molecule has 0 atom stereocenters. The lowest BCUT2D eigenvalue weighted by molar-refractivity contribution is 0.0947. The average molecular weight is 423 g/mol. The van der Waals surface area contributed by atoms with E-state index in [9.17, 15) is 4.79 Å². The normalized spacial score (nSPS) is 10.7. The van der Waals surface area contributed by atoms with Crippen molar-refractivity contribution >= 4 is 27.8 Å². The predicted molar refractivity (Wildman–Crippen MR) is 105 cm³/mol. The number of carbonyl (C=O) groups is 1. The van der Waals surface area contributed by atoms with Crippen molar-refractivity contribution < 1.29 is 9.21 Å².